The Hall–Kier alpha value is -2.18. The number of unbranched alkanes of at least 4 members (excludes halogenated alkanes) is 16. The molecule has 3 aromatic heterocycles. The van der Waals surface area contributed by atoms with E-state index in [0.29, 0.717) is 23.0 Å². The minimum absolute atomic E-state index is 0.217. The van der Waals surface area contributed by atoms with Gasteiger partial charge < -0.3 is 9.67 Å². The van der Waals surface area contributed by atoms with Crippen LogP contribution >= 0.6 is 22.7 Å². The van der Waals surface area contributed by atoms with E-state index < -0.39 is 0 Å². The number of carbonyl (C=O) groups is 1. The maximum Gasteiger partial charge on any atom is 0.202 e. The lowest BCUT2D eigenvalue weighted by molar-refractivity contribution is 0.112. The van der Waals surface area contributed by atoms with Crippen LogP contribution in [0.25, 0.3) is 10.6 Å². The number of aromatic nitrogens is 1. The molecule has 0 radical (unpaired) electrons. The fourth-order valence-electron chi connectivity index (χ4n) is 7.80. The summed E-state index contributed by atoms with van der Waals surface area (Å²) in [6, 6.07) is 8.33. The van der Waals surface area contributed by atoms with Crippen LogP contribution in [-0.4, -0.2) is 28.2 Å². The molecule has 0 aliphatic heterocycles. The molecule has 2 atom stereocenters. The Balaban J connectivity index is 1.99. The zero-order chi connectivity index (χ0) is 37.2. The topological polar surface area (TPSA) is 54.6 Å². The van der Waals surface area contributed by atoms with Crippen LogP contribution in [0.5, 0.6) is 5.88 Å². The Morgan fingerprint density at radius 1 is 0.673 bits per heavy atom. The molecular formula is C46H74N2O2S2. The third-order valence-corrected chi connectivity index (χ3v) is 12.7. The quantitative estimate of drug-likeness (QED) is 0.0392. The minimum Gasteiger partial charge on any atom is -0.494 e. The Morgan fingerprint density at radius 2 is 1.15 bits per heavy atom. The Morgan fingerprint density at radius 3 is 1.63 bits per heavy atom. The average Bonchev–Trinajstić information content (AvgIpc) is 3.94. The van der Waals surface area contributed by atoms with Gasteiger partial charge in [-0.05, 0) is 60.4 Å². The molecule has 292 valence electrons. The van der Waals surface area contributed by atoms with Crippen molar-refractivity contribution >= 4 is 34.7 Å². The van der Waals surface area contributed by atoms with Gasteiger partial charge in [-0.15, -0.1) is 22.7 Å². The second-order valence-corrected chi connectivity index (χ2v) is 17.3. The van der Waals surface area contributed by atoms with Gasteiger partial charge in [0.1, 0.15) is 0 Å². The molecule has 3 aromatic rings. The summed E-state index contributed by atoms with van der Waals surface area (Å²) < 4.78 is 2.11. The molecule has 52 heavy (non-hydrogen) atoms. The smallest absolute Gasteiger partial charge is 0.202 e. The third-order valence-electron chi connectivity index (χ3n) is 10.9. The van der Waals surface area contributed by atoms with Crippen molar-refractivity contribution in [1.82, 2.24) is 4.57 Å². The number of rotatable bonds is 32. The second-order valence-electron chi connectivity index (χ2n) is 15.4. The average molecular weight is 751 g/mol. The van der Waals surface area contributed by atoms with Gasteiger partial charge in [-0.3, -0.25) is 9.79 Å². The van der Waals surface area contributed by atoms with Gasteiger partial charge in [-0.2, -0.15) is 0 Å². The fraction of sp³-hybridized carbons (Fsp3) is 0.696. The Labute approximate surface area is 327 Å². The first-order valence-electron chi connectivity index (χ1n) is 21.6. The molecule has 3 rings (SSSR count). The van der Waals surface area contributed by atoms with Crippen molar-refractivity contribution in [1.29, 1.82) is 0 Å². The summed E-state index contributed by atoms with van der Waals surface area (Å²) in [5, 5.41) is 16.5. The highest BCUT2D eigenvalue weighted by Gasteiger charge is 2.30. The predicted octanol–water partition coefficient (Wildman–Crippen LogP) is 15.3. The highest BCUT2D eigenvalue weighted by Crippen LogP contribution is 2.40. The van der Waals surface area contributed by atoms with Crippen LogP contribution in [-0.2, 0) is 6.54 Å². The highest BCUT2D eigenvalue weighted by atomic mass is 32.1. The van der Waals surface area contributed by atoms with Crippen molar-refractivity contribution in [2.45, 2.75) is 188 Å². The maximum atomic E-state index is 13.2. The third kappa shape index (κ3) is 15.3. The van der Waals surface area contributed by atoms with E-state index in [4.69, 9.17) is 4.99 Å². The van der Waals surface area contributed by atoms with E-state index >= 15 is 0 Å². The lowest BCUT2D eigenvalue weighted by atomic mass is 9.94. The van der Waals surface area contributed by atoms with Gasteiger partial charge in [-0.1, -0.05) is 168 Å². The number of carbonyl (C=O) groups excluding carboxylic acids is 1. The molecule has 0 spiro atoms. The van der Waals surface area contributed by atoms with Crippen LogP contribution in [0.3, 0.4) is 0 Å². The molecular weight excluding hydrogens is 677 g/mol. The van der Waals surface area contributed by atoms with Crippen molar-refractivity contribution in [2.75, 3.05) is 6.54 Å². The van der Waals surface area contributed by atoms with Crippen LogP contribution in [0.4, 0.5) is 0 Å². The summed E-state index contributed by atoms with van der Waals surface area (Å²) in [6.45, 7) is 10.6. The van der Waals surface area contributed by atoms with E-state index in [1.54, 1.807) is 22.7 Å². The summed E-state index contributed by atoms with van der Waals surface area (Å²) >= 11 is 3.31. The second kappa shape index (κ2) is 27.4. The van der Waals surface area contributed by atoms with E-state index in [9.17, 15) is 9.90 Å². The number of nitrogens with zero attached hydrogens (tertiary/aromatic N) is 2. The molecule has 4 nitrogen and oxygen atoms in total. The van der Waals surface area contributed by atoms with Gasteiger partial charge in [0.25, 0.3) is 0 Å². The molecule has 0 aliphatic carbocycles. The Kier molecular flexibility index (Phi) is 23.3. The lowest BCUT2D eigenvalue weighted by Crippen LogP contribution is -2.13. The van der Waals surface area contributed by atoms with Crippen LogP contribution in [0.2, 0.25) is 0 Å². The first kappa shape index (κ1) is 44.2. The number of aldehydes is 1. The summed E-state index contributed by atoms with van der Waals surface area (Å²) in [7, 11) is 0. The van der Waals surface area contributed by atoms with Gasteiger partial charge in [0.2, 0.25) is 5.88 Å². The molecule has 0 amide bonds. The molecule has 1 N–H and O–H groups in total. The predicted molar refractivity (Wildman–Crippen MR) is 230 cm³/mol. The first-order chi connectivity index (χ1) is 25.6. The number of aliphatic imine (C=N–C) groups is 1. The van der Waals surface area contributed by atoms with Crippen LogP contribution < -0.4 is 0 Å². The van der Waals surface area contributed by atoms with E-state index in [2.05, 4.69) is 67.3 Å². The lowest BCUT2D eigenvalue weighted by Gasteiger charge is -2.20. The van der Waals surface area contributed by atoms with Gasteiger partial charge in [0.05, 0.1) is 32.3 Å². The highest BCUT2D eigenvalue weighted by molar-refractivity contribution is 7.13. The monoisotopic (exact) mass is 751 g/mol. The zero-order valence-electron chi connectivity index (χ0n) is 33.6. The van der Waals surface area contributed by atoms with Gasteiger partial charge in [-0.25, -0.2) is 0 Å². The van der Waals surface area contributed by atoms with Crippen molar-refractivity contribution < 1.29 is 9.90 Å². The van der Waals surface area contributed by atoms with Gasteiger partial charge in [0.15, 0.2) is 6.29 Å². The number of hydrogen-bond acceptors (Lipinski definition) is 5. The SMILES string of the molecule is CCCCCCCCC(CCCCCC)CN=C(c1cccs1)c1c(C=O)c(-c2cccs2)n(CC(CCCCCC)CCCCCCCC)c1O. The maximum absolute atomic E-state index is 13.2. The molecule has 0 saturated heterocycles. The molecule has 0 fully saturated rings. The van der Waals surface area contributed by atoms with E-state index in [1.807, 2.05) is 0 Å². The standard InChI is InChI=1S/C46H74N2O2S2/c1-5-9-13-17-19-23-28-38(27-21-15-11-7-3)35-47-44(41-31-25-33-51-41)43-40(37-49)45(42-32-26-34-52-42)48(46(43)50)36-39(29-22-16-12-8-4)30-24-20-18-14-10-6-2/h25-26,31-34,37-39,50H,5-24,27-30,35-36H2,1-4H3. The number of hydrogen-bond donors (Lipinski definition) is 1. The molecule has 0 bridgehead atoms. The summed E-state index contributed by atoms with van der Waals surface area (Å²) in [6.07, 6.45) is 31.4. The minimum atomic E-state index is 0.217. The molecule has 2 unspecified atom stereocenters. The zero-order valence-corrected chi connectivity index (χ0v) is 35.3. The van der Waals surface area contributed by atoms with Gasteiger partial charge in [0, 0.05) is 13.1 Å². The summed E-state index contributed by atoms with van der Waals surface area (Å²) in [4.78, 5) is 20.7. The van der Waals surface area contributed by atoms with Crippen LogP contribution in [0, 0.1) is 11.8 Å². The van der Waals surface area contributed by atoms with Crippen LogP contribution in [0.15, 0.2) is 40.0 Å². The van der Waals surface area contributed by atoms with E-state index in [-0.39, 0.29) is 5.88 Å². The number of thiophene rings is 2. The first-order valence-corrected chi connectivity index (χ1v) is 23.4. The molecule has 3 heterocycles. The summed E-state index contributed by atoms with van der Waals surface area (Å²) in [5.74, 6) is 1.19. The fourth-order valence-corrected chi connectivity index (χ4v) is 9.33. The van der Waals surface area contributed by atoms with Crippen molar-refractivity contribution in [2.24, 2.45) is 16.8 Å². The van der Waals surface area contributed by atoms with Crippen LogP contribution in [0.1, 0.15) is 203 Å². The largest absolute Gasteiger partial charge is 0.494 e. The summed E-state index contributed by atoms with van der Waals surface area (Å²) in [5.41, 5.74) is 2.89. The molecule has 6 heteroatoms. The van der Waals surface area contributed by atoms with Crippen molar-refractivity contribution in [3.05, 3.63) is 51.0 Å². The Bertz CT molecular complexity index is 1340. The van der Waals surface area contributed by atoms with E-state index in [0.717, 1.165) is 53.4 Å². The van der Waals surface area contributed by atoms with Crippen molar-refractivity contribution in [3.63, 3.8) is 0 Å². The normalized spacial score (nSPS) is 13.2. The molecule has 0 saturated carbocycles. The van der Waals surface area contributed by atoms with Gasteiger partial charge >= 0.3 is 0 Å². The molecule has 0 aromatic carbocycles. The van der Waals surface area contributed by atoms with Crippen molar-refractivity contribution in [3.8, 4) is 16.5 Å². The van der Waals surface area contributed by atoms with E-state index in [1.165, 1.54) is 141 Å². The number of aromatic hydroxyl groups is 1. The molecule has 0 aliphatic rings.